The Labute approximate surface area is 136 Å². The van der Waals surface area contributed by atoms with Crippen LogP contribution in [0.1, 0.15) is 20.7 Å². The number of carbonyl (C=O) groups excluding carboxylic acids is 3. The van der Waals surface area contributed by atoms with Gasteiger partial charge in [-0.25, -0.2) is 0 Å². The Morgan fingerprint density at radius 3 is 2.05 bits per heavy atom. The summed E-state index contributed by atoms with van der Waals surface area (Å²) in [4.78, 5) is 39.4. The van der Waals surface area contributed by atoms with Crippen molar-refractivity contribution in [2.75, 3.05) is 14.1 Å². The van der Waals surface area contributed by atoms with Crippen molar-refractivity contribution in [1.82, 2.24) is 14.9 Å². The van der Waals surface area contributed by atoms with Gasteiger partial charge < -0.3 is 4.90 Å². The number of thiocarbonyl (C=S) groups is 1. The van der Waals surface area contributed by atoms with E-state index in [2.05, 4.69) is 0 Å². The predicted molar refractivity (Wildman–Crippen MR) is 85.7 cm³/mol. The molecule has 3 amide bonds. The minimum Gasteiger partial charge on any atom is -0.382 e. The van der Waals surface area contributed by atoms with Crippen LogP contribution in [0.25, 0.3) is 0 Å². The summed E-state index contributed by atoms with van der Waals surface area (Å²) in [5, 5.41) is 1.79. The number of rotatable bonds is 2. The summed E-state index contributed by atoms with van der Waals surface area (Å²) in [6.45, 7) is 0. The number of hydrazine groups is 1. The number of amides is 3. The van der Waals surface area contributed by atoms with Crippen LogP contribution in [0.4, 0.5) is 0 Å². The van der Waals surface area contributed by atoms with E-state index < -0.39 is 17.7 Å². The molecule has 2 aliphatic rings. The van der Waals surface area contributed by atoms with Crippen molar-refractivity contribution in [2.24, 2.45) is 0 Å². The molecule has 1 aromatic carbocycles. The summed E-state index contributed by atoms with van der Waals surface area (Å²) in [7, 11) is 3.54. The number of hydrogen-bond donors (Lipinski definition) is 0. The molecule has 1 aromatic rings. The first-order valence-electron chi connectivity index (χ1n) is 6.34. The normalized spacial score (nSPS) is 19.5. The first kappa shape index (κ1) is 14.7. The third kappa shape index (κ3) is 2.11. The van der Waals surface area contributed by atoms with Gasteiger partial charge in [-0.3, -0.25) is 14.4 Å². The highest BCUT2D eigenvalue weighted by Gasteiger charge is 2.46. The zero-order chi connectivity index (χ0) is 16.0. The van der Waals surface area contributed by atoms with Crippen LogP contribution >= 0.6 is 24.0 Å². The molecule has 22 heavy (non-hydrogen) atoms. The maximum atomic E-state index is 12.5. The number of fused-ring (bicyclic) bond motifs is 1. The van der Waals surface area contributed by atoms with Gasteiger partial charge in [0.2, 0.25) is 0 Å². The second-order valence-corrected chi connectivity index (χ2v) is 6.59. The number of benzene rings is 1. The van der Waals surface area contributed by atoms with Gasteiger partial charge in [0.05, 0.1) is 16.0 Å². The minimum atomic E-state index is -0.539. The van der Waals surface area contributed by atoms with E-state index in [1.165, 1.54) is 0 Å². The fraction of sp³-hybridized carbons (Fsp3) is 0.143. The summed E-state index contributed by atoms with van der Waals surface area (Å²) in [5.41, 5.74) is 0.552. The van der Waals surface area contributed by atoms with Crippen molar-refractivity contribution in [3.63, 3.8) is 0 Å². The zero-order valence-electron chi connectivity index (χ0n) is 11.8. The number of carbonyl (C=O) groups is 3. The Kier molecular flexibility index (Phi) is 3.50. The summed E-state index contributed by atoms with van der Waals surface area (Å²) in [5.74, 6) is -1.55. The van der Waals surface area contributed by atoms with Crippen LogP contribution in [0.5, 0.6) is 0 Å². The Bertz CT molecular complexity index is 722. The van der Waals surface area contributed by atoms with Crippen molar-refractivity contribution < 1.29 is 14.4 Å². The molecule has 0 saturated carbocycles. The quantitative estimate of drug-likeness (QED) is 0.464. The Hall–Kier alpha value is -2.19. The summed E-state index contributed by atoms with van der Waals surface area (Å²) >= 11 is 6.22. The molecule has 0 spiro atoms. The summed E-state index contributed by atoms with van der Waals surface area (Å²) in [6.07, 6.45) is 1.61. The monoisotopic (exact) mass is 333 g/mol. The SMILES string of the molecule is CN(C)C=C1SC(=S)N(N2C(=O)c3ccccc3C2=O)C1=O. The van der Waals surface area contributed by atoms with Crippen molar-refractivity contribution in [3.05, 3.63) is 46.5 Å². The zero-order valence-corrected chi connectivity index (χ0v) is 13.4. The van der Waals surface area contributed by atoms with Gasteiger partial charge in [-0.15, -0.1) is 0 Å². The lowest BCUT2D eigenvalue weighted by Crippen LogP contribution is -2.48. The number of thioether (sulfide) groups is 1. The van der Waals surface area contributed by atoms with Gasteiger partial charge in [0, 0.05) is 20.3 Å². The molecule has 2 heterocycles. The molecule has 2 aliphatic heterocycles. The van der Waals surface area contributed by atoms with E-state index in [9.17, 15) is 14.4 Å². The van der Waals surface area contributed by atoms with Crippen molar-refractivity contribution in [3.8, 4) is 0 Å². The van der Waals surface area contributed by atoms with Crippen LogP contribution in [-0.4, -0.2) is 51.1 Å². The Morgan fingerprint density at radius 2 is 1.55 bits per heavy atom. The van der Waals surface area contributed by atoms with Crippen LogP contribution in [0.15, 0.2) is 35.4 Å². The van der Waals surface area contributed by atoms with Crippen LogP contribution in [0, 0.1) is 0 Å². The largest absolute Gasteiger partial charge is 0.382 e. The van der Waals surface area contributed by atoms with E-state index in [4.69, 9.17) is 12.2 Å². The lowest BCUT2D eigenvalue weighted by Gasteiger charge is -2.23. The van der Waals surface area contributed by atoms with Crippen LogP contribution < -0.4 is 0 Å². The highest BCUT2D eigenvalue weighted by Crippen LogP contribution is 2.35. The van der Waals surface area contributed by atoms with E-state index in [-0.39, 0.29) is 15.4 Å². The molecule has 0 bridgehead atoms. The van der Waals surface area contributed by atoms with Gasteiger partial charge in [-0.05, 0) is 24.4 Å². The number of nitrogens with zero attached hydrogens (tertiary/aromatic N) is 3. The van der Waals surface area contributed by atoms with Gasteiger partial charge >= 0.3 is 0 Å². The van der Waals surface area contributed by atoms with Gasteiger partial charge in [-0.1, -0.05) is 23.9 Å². The van der Waals surface area contributed by atoms with Gasteiger partial charge in [0.25, 0.3) is 17.7 Å². The average molecular weight is 333 g/mol. The second kappa shape index (κ2) is 5.22. The second-order valence-electron chi connectivity index (χ2n) is 4.91. The average Bonchev–Trinajstić information content (AvgIpc) is 2.87. The fourth-order valence-corrected chi connectivity index (χ4v) is 3.53. The van der Waals surface area contributed by atoms with E-state index in [1.807, 2.05) is 0 Å². The molecule has 112 valence electrons. The molecule has 0 N–H and O–H groups in total. The molecule has 1 saturated heterocycles. The number of hydrogen-bond acceptors (Lipinski definition) is 6. The molecule has 6 nitrogen and oxygen atoms in total. The molecule has 0 aromatic heterocycles. The maximum absolute atomic E-state index is 12.5. The summed E-state index contributed by atoms with van der Waals surface area (Å²) < 4.78 is 0.160. The molecule has 1 fully saturated rings. The smallest absolute Gasteiger partial charge is 0.287 e. The topological polar surface area (TPSA) is 60.9 Å². The molecular formula is C14H11N3O3S2. The molecule has 0 aliphatic carbocycles. The van der Waals surface area contributed by atoms with Crippen molar-refractivity contribution in [2.45, 2.75) is 0 Å². The molecule has 3 rings (SSSR count). The molecule has 8 heteroatoms. The highest BCUT2D eigenvalue weighted by molar-refractivity contribution is 8.26. The maximum Gasteiger partial charge on any atom is 0.287 e. The van der Waals surface area contributed by atoms with E-state index in [1.54, 1.807) is 49.5 Å². The first-order chi connectivity index (χ1) is 10.4. The minimum absolute atomic E-state index is 0.160. The number of imide groups is 1. The van der Waals surface area contributed by atoms with Gasteiger partial charge in [0.1, 0.15) is 0 Å². The molecule has 0 unspecified atom stereocenters. The van der Waals surface area contributed by atoms with Gasteiger partial charge in [-0.2, -0.15) is 10.0 Å². The predicted octanol–water partition coefficient (Wildman–Crippen LogP) is 1.46. The van der Waals surface area contributed by atoms with Crippen molar-refractivity contribution >= 4 is 46.0 Å². The van der Waals surface area contributed by atoms with E-state index in [0.717, 1.165) is 21.8 Å². The van der Waals surface area contributed by atoms with Crippen LogP contribution in [0.3, 0.4) is 0 Å². The standard InChI is InChI=1S/C14H11N3O3S2/c1-15(2)7-10-13(20)17(14(21)22-10)16-11(18)8-5-3-4-6-9(8)12(16)19/h3-7H,1-2H3. The van der Waals surface area contributed by atoms with Gasteiger partial charge in [0.15, 0.2) is 4.32 Å². The lowest BCUT2D eigenvalue weighted by molar-refractivity contribution is -0.128. The Morgan fingerprint density at radius 1 is 1.00 bits per heavy atom. The highest BCUT2D eigenvalue weighted by atomic mass is 32.2. The van der Waals surface area contributed by atoms with Crippen LogP contribution in [0.2, 0.25) is 0 Å². The molecular weight excluding hydrogens is 322 g/mol. The lowest BCUT2D eigenvalue weighted by atomic mass is 10.1. The van der Waals surface area contributed by atoms with Crippen molar-refractivity contribution in [1.29, 1.82) is 0 Å². The Balaban J connectivity index is 2.00. The summed E-state index contributed by atoms with van der Waals surface area (Å²) in [6, 6.07) is 6.46. The van der Waals surface area contributed by atoms with Crippen LogP contribution in [-0.2, 0) is 4.79 Å². The molecule has 0 radical (unpaired) electrons. The third-order valence-corrected chi connectivity index (χ3v) is 4.39. The van der Waals surface area contributed by atoms with E-state index in [0.29, 0.717) is 4.91 Å². The van der Waals surface area contributed by atoms with E-state index >= 15 is 0 Å². The third-order valence-electron chi connectivity index (χ3n) is 3.12. The first-order valence-corrected chi connectivity index (χ1v) is 7.56. The fourth-order valence-electron chi connectivity index (χ4n) is 2.21. The molecule has 0 atom stereocenters.